The summed E-state index contributed by atoms with van der Waals surface area (Å²) in [5.74, 6) is 2.03. The number of benzene rings is 3. The first kappa shape index (κ1) is 23.6. The summed E-state index contributed by atoms with van der Waals surface area (Å²) in [6.07, 6.45) is 0. The summed E-state index contributed by atoms with van der Waals surface area (Å²) in [4.78, 5) is 4.89. The molecule has 3 aromatic carbocycles. The Morgan fingerprint density at radius 2 is 1.59 bits per heavy atom. The number of hydrogen-bond acceptors (Lipinski definition) is 4. The molecule has 0 unspecified atom stereocenters. The lowest BCUT2D eigenvalue weighted by atomic mass is 9.99. The van der Waals surface area contributed by atoms with E-state index in [1.54, 1.807) is 11.8 Å². The van der Waals surface area contributed by atoms with Gasteiger partial charge in [-0.3, -0.25) is 0 Å². The third-order valence-corrected chi connectivity index (χ3v) is 6.56. The van der Waals surface area contributed by atoms with E-state index in [1.807, 2.05) is 66.7 Å². The molecule has 0 N–H and O–H groups in total. The largest absolute Gasteiger partial charge is 0.492 e. The minimum atomic E-state index is 0.395. The van der Waals surface area contributed by atoms with E-state index < -0.39 is 0 Å². The van der Waals surface area contributed by atoms with Crippen molar-refractivity contribution in [2.24, 2.45) is 0 Å². The Kier molecular flexibility index (Phi) is 7.67. The smallest absolute Gasteiger partial charge is 0.123 e. The summed E-state index contributed by atoms with van der Waals surface area (Å²) in [6.45, 7) is 6.97. The summed E-state index contributed by atoms with van der Waals surface area (Å²) in [7, 11) is 0. The zero-order valence-corrected chi connectivity index (χ0v) is 20.6. The zero-order chi connectivity index (χ0) is 23.9. The van der Waals surface area contributed by atoms with Gasteiger partial charge in [0.1, 0.15) is 16.8 Å². The number of rotatable bonds is 8. The molecule has 4 rings (SSSR count). The van der Waals surface area contributed by atoms with Gasteiger partial charge in [-0.1, -0.05) is 86.6 Å². The van der Waals surface area contributed by atoms with Crippen molar-refractivity contribution in [2.75, 3.05) is 12.4 Å². The summed E-state index contributed by atoms with van der Waals surface area (Å²) in [6, 6.07) is 30.9. The van der Waals surface area contributed by atoms with Gasteiger partial charge in [-0.05, 0) is 41.7 Å². The Hall–Kier alpha value is -3.55. The molecule has 0 spiro atoms. The molecule has 0 atom stereocenters. The van der Waals surface area contributed by atoms with Crippen LogP contribution in [-0.4, -0.2) is 17.3 Å². The van der Waals surface area contributed by atoms with E-state index in [0.29, 0.717) is 23.8 Å². The molecule has 0 aliphatic heterocycles. The van der Waals surface area contributed by atoms with Crippen molar-refractivity contribution in [3.8, 4) is 34.2 Å². The Morgan fingerprint density at radius 3 is 2.24 bits per heavy atom. The molecular formula is C30H28N2OS. The van der Waals surface area contributed by atoms with Crippen LogP contribution < -0.4 is 4.74 Å². The van der Waals surface area contributed by atoms with Gasteiger partial charge in [-0.15, -0.1) is 11.8 Å². The molecule has 0 amide bonds. The van der Waals surface area contributed by atoms with Crippen molar-refractivity contribution >= 4 is 11.8 Å². The van der Waals surface area contributed by atoms with Crippen LogP contribution >= 0.6 is 11.8 Å². The van der Waals surface area contributed by atoms with Crippen molar-refractivity contribution < 1.29 is 4.74 Å². The Labute approximate surface area is 206 Å². The molecule has 1 aromatic heterocycles. The fourth-order valence-corrected chi connectivity index (χ4v) is 4.69. The highest BCUT2D eigenvalue weighted by molar-refractivity contribution is 7.99. The number of ether oxygens (including phenoxy) is 1. The molecule has 0 aliphatic rings. The number of pyridine rings is 1. The molecule has 0 fully saturated rings. The lowest BCUT2D eigenvalue weighted by Gasteiger charge is -2.15. The number of aryl methyl sites for hydroxylation is 1. The highest BCUT2D eigenvalue weighted by Gasteiger charge is 2.16. The maximum Gasteiger partial charge on any atom is 0.123 e. The molecule has 0 aliphatic carbocycles. The minimum Gasteiger partial charge on any atom is -0.492 e. The van der Waals surface area contributed by atoms with E-state index in [0.717, 1.165) is 33.2 Å². The molecule has 0 radical (unpaired) electrons. The van der Waals surface area contributed by atoms with Crippen LogP contribution in [0.25, 0.3) is 22.4 Å². The van der Waals surface area contributed by atoms with Gasteiger partial charge in [0, 0.05) is 16.9 Å². The molecule has 4 aromatic rings. The molecule has 4 heteroatoms. The van der Waals surface area contributed by atoms with E-state index in [4.69, 9.17) is 9.72 Å². The van der Waals surface area contributed by atoms with Gasteiger partial charge >= 0.3 is 0 Å². The van der Waals surface area contributed by atoms with Crippen LogP contribution in [-0.2, 0) is 0 Å². The maximum absolute atomic E-state index is 10.0. The van der Waals surface area contributed by atoms with Crippen LogP contribution in [0.15, 0.2) is 90.0 Å². The van der Waals surface area contributed by atoms with E-state index in [-0.39, 0.29) is 0 Å². The minimum absolute atomic E-state index is 0.395. The maximum atomic E-state index is 10.0. The fourth-order valence-electron chi connectivity index (χ4n) is 3.87. The van der Waals surface area contributed by atoms with Gasteiger partial charge in [0.05, 0.1) is 17.9 Å². The van der Waals surface area contributed by atoms with Gasteiger partial charge < -0.3 is 4.74 Å². The van der Waals surface area contributed by atoms with Crippen LogP contribution in [0.3, 0.4) is 0 Å². The average molecular weight is 465 g/mol. The average Bonchev–Trinajstić information content (AvgIpc) is 2.87. The lowest BCUT2D eigenvalue weighted by molar-refractivity contribution is 0.338. The Balaban J connectivity index is 1.61. The highest BCUT2D eigenvalue weighted by Crippen LogP contribution is 2.34. The Bertz CT molecular complexity index is 1290. The van der Waals surface area contributed by atoms with E-state index in [2.05, 4.69) is 45.0 Å². The number of hydrogen-bond donors (Lipinski definition) is 0. The lowest BCUT2D eigenvalue weighted by Crippen LogP contribution is -2.05. The fraction of sp³-hybridized carbons (Fsp3) is 0.200. The summed E-state index contributed by atoms with van der Waals surface area (Å²) >= 11 is 1.57. The highest BCUT2D eigenvalue weighted by atomic mass is 32.2. The molecule has 0 bridgehead atoms. The van der Waals surface area contributed by atoms with Crippen molar-refractivity contribution in [1.82, 2.24) is 4.98 Å². The van der Waals surface area contributed by atoms with Gasteiger partial charge in [-0.2, -0.15) is 5.26 Å². The molecule has 0 saturated heterocycles. The van der Waals surface area contributed by atoms with E-state index in [9.17, 15) is 5.26 Å². The molecule has 34 heavy (non-hydrogen) atoms. The van der Waals surface area contributed by atoms with Crippen LogP contribution in [0.2, 0.25) is 0 Å². The Morgan fingerprint density at radius 1 is 0.912 bits per heavy atom. The number of thioether (sulfide) groups is 1. The van der Waals surface area contributed by atoms with Gasteiger partial charge in [0.2, 0.25) is 0 Å². The van der Waals surface area contributed by atoms with Crippen molar-refractivity contribution in [3.63, 3.8) is 0 Å². The van der Waals surface area contributed by atoms with Crippen molar-refractivity contribution in [3.05, 3.63) is 102 Å². The summed E-state index contributed by atoms with van der Waals surface area (Å²) in [5, 5.41) is 10.8. The third-order valence-electron chi connectivity index (χ3n) is 5.62. The standard InChI is InChI=1S/C30H28N2OS/c1-21(2)25-15-14-22(3)18-29(25)33-16-17-34-30-27(20-31)26(23-10-6-4-7-11-23)19-28(32-30)24-12-8-5-9-13-24/h4-15,18-19,21H,16-17H2,1-3H3. The van der Waals surface area contributed by atoms with Gasteiger partial charge in [0.25, 0.3) is 0 Å². The van der Waals surface area contributed by atoms with Crippen LogP contribution in [0.1, 0.15) is 36.5 Å². The SMILES string of the molecule is Cc1ccc(C(C)C)c(OCCSc2nc(-c3ccccc3)cc(-c3ccccc3)c2C#N)c1. The van der Waals surface area contributed by atoms with Crippen molar-refractivity contribution in [2.45, 2.75) is 31.7 Å². The number of aromatic nitrogens is 1. The second kappa shape index (κ2) is 11.0. The van der Waals surface area contributed by atoms with Gasteiger partial charge in [0.15, 0.2) is 0 Å². The monoisotopic (exact) mass is 464 g/mol. The van der Waals surface area contributed by atoms with E-state index >= 15 is 0 Å². The van der Waals surface area contributed by atoms with Crippen LogP contribution in [0.4, 0.5) is 0 Å². The third kappa shape index (κ3) is 5.50. The number of nitrogens with zero attached hydrogens (tertiary/aromatic N) is 2. The predicted octanol–water partition coefficient (Wildman–Crippen LogP) is 7.89. The first-order valence-corrected chi connectivity index (χ1v) is 12.5. The molecular weight excluding hydrogens is 436 g/mol. The molecule has 0 saturated carbocycles. The summed E-state index contributed by atoms with van der Waals surface area (Å²) < 4.78 is 6.17. The normalized spacial score (nSPS) is 10.8. The topological polar surface area (TPSA) is 45.9 Å². The number of nitriles is 1. The second-order valence-electron chi connectivity index (χ2n) is 8.47. The molecule has 1 heterocycles. The zero-order valence-electron chi connectivity index (χ0n) is 19.8. The van der Waals surface area contributed by atoms with Crippen molar-refractivity contribution in [1.29, 1.82) is 5.26 Å². The molecule has 3 nitrogen and oxygen atoms in total. The predicted molar refractivity (Wildman–Crippen MR) is 141 cm³/mol. The summed E-state index contributed by atoms with van der Waals surface area (Å²) in [5.41, 5.74) is 6.81. The first-order valence-electron chi connectivity index (χ1n) is 11.5. The van der Waals surface area contributed by atoms with Crippen LogP contribution in [0, 0.1) is 18.3 Å². The van der Waals surface area contributed by atoms with Gasteiger partial charge in [-0.25, -0.2) is 4.98 Å². The second-order valence-corrected chi connectivity index (χ2v) is 9.56. The van der Waals surface area contributed by atoms with E-state index in [1.165, 1.54) is 11.1 Å². The van der Waals surface area contributed by atoms with Crippen LogP contribution in [0.5, 0.6) is 5.75 Å². The quantitative estimate of drug-likeness (QED) is 0.196. The molecule has 170 valence electrons. The first-order chi connectivity index (χ1) is 16.6.